The van der Waals surface area contributed by atoms with E-state index >= 15 is 0 Å². The number of carbonyl (C=O) groups excluding carboxylic acids is 1. The average Bonchev–Trinajstić information content (AvgIpc) is 3.18. The molecule has 0 aliphatic heterocycles. The largest absolute Gasteiger partial charge is 0.492 e. The van der Waals surface area contributed by atoms with Crippen molar-refractivity contribution in [1.29, 1.82) is 0 Å². The van der Waals surface area contributed by atoms with E-state index in [0.717, 1.165) is 43.5 Å². The highest BCUT2D eigenvalue weighted by Gasteiger charge is 2.42. The van der Waals surface area contributed by atoms with E-state index in [9.17, 15) is 4.79 Å². The fourth-order valence-corrected chi connectivity index (χ4v) is 3.77. The van der Waals surface area contributed by atoms with E-state index in [2.05, 4.69) is 26.6 Å². The van der Waals surface area contributed by atoms with Crippen LogP contribution in [0.3, 0.4) is 0 Å². The average molecular weight is 404 g/mol. The number of hydrogen-bond donors (Lipinski definition) is 2. The van der Waals surface area contributed by atoms with Crippen molar-refractivity contribution in [2.24, 2.45) is 10.4 Å². The number of amides is 1. The third-order valence-electron chi connectivity index (χ3n) is 5.45. The number of rotatable bonds is 9. The highest BCUT2D eigenvalue weighted by atomic mass is 16.5. The van der Waals surface area contributed by atoms with E-state index in [-0.39, 0.29) is 11.3 Å². The number of para-hydroxylation sites is 1. The van der Waals surface area contributed by atoms with Crippen molar-refractivity contribution in [2.45, 2.75) is 32.2 Å². The molecular weight excluding hydrogens is 366 g/mol. The molecule has 0 aromatic heterocycles. The molecule has 7 nitrogen and oxygen atoms in total. The molecule has 1 amide bonds. The van der Waals surface area contributed by atoms with E-state index in [4.69, 9.17) is 4.74 Å². The summed E-state index contributed by atoms with van der Waals surface area (Å²) in [5.41, 5.74) is 0.753. The molecule has 1 aliphatic carbocycles. The quantitative estimate of drug-likeness (QED) is 0.487. The van der Waals surface area contributed by atoms with Gasteiger partial charge in [-0.15, -0.1) is 0 Å². The van der Waals surface area contributed by atoms with Crippen molar-refractivity contribution in [2.75, 3.05) is 54.9 Å². The van der Waals surface area contributed by atoms with E-state index in [1.807, 2.05) is 46.4 Å². The van der Waals surface area contributed by atoms with Crippen LogP contribution in [0.4, 0.5) is 0 Å². The van der Waals surface area contributed by atoms with Crippen LogP contribution in [0.15, 0.2) is 29.3 Å². The highest BCUT2D eigenvalue weighted by molar-refractivity contribution is 5.85. The van der Waals surface area contributed by atoms with Gasteiger partial charge in [0.15, 0.2) is 5.96 Å². The maximum Gasteiger partial charge on any atom is 0.230 e. The first-order valence-corrected chi connectivity index (χ1v) is 10.4. The molecule has 0 radical (unpaired) electrons. The summed E-state index contributed by atoms with van der Waals surface area (Å²) in [5, 5.41) is 6.74. The maximum atomic E-state index is 12.7. The van der Waals surface area contributed by atoms with Gasteiger partial charge in [0.2, 0.25) is 5.91 Å². The Morgan fingerprint density at radius 2 is 1.83 bits per heavy atom. The van der Waals surface area contributed by atoms with Crippen molar-refractivity contribution in [3.05, 3.63) is 29.8 Å². The summed E-state index contributed by atoms with van der Waals surface area (Å²) in [5.74, 6) is 1.79. The topological polar surface area (TPSA) is 69.2 Å². The molecule has 7 heteroatoms. The maximum absolute atomic E-state index is 12.7. The van der Waals surface area contributed by atoms with E-state index in [1.54, 1.807) is 11.9 Å². The minimum absolute atomic E-state index is 0.206. The molecule has 162 valence electrons. The van der Waals surface area contributed by atoms with Crippen molar-refractivity contribution < 1.29 is 9.53 Å². The summed E-state index contributed by atoms with van der Waals surface area (Å²) in [6.45, 7) is 2.72. The molecule has 1 saturated carbocycles. The Balaban J connectivity index is 1.93. The van der Waals surface area contributed by atoms with E-state index < -0.39 is 0 Å². The summed E-state index contributed by atoms with van der Waals surface area (Å²) < 4.78 is 5.94. The number of nitrogens with one attached hydrogen (secondary N) is 2. The van der Waals surface area contributed by atoms with Crippen LogP contribution in [0.1, 0.15) is 31.2 Å². The first-order valence-electron chi connectivity index (χ1n) is 10.4. The van der Waals surface area contributed by atoms with Gasteiger partial charge < -0.3 is 25.2 Å². The number of benzene rings is 1. The van der Waals surface area contributed by atoms with Crippen LogP contribution in [-0.4, -0.2) is 76.6 Å². The lowest BCUT2D eigenvalue weighted by Crippen LogP contribution is -2.49. The molecule has 0 heterocycles. The van der Waals surface area contributed by atoms with Gasteiger partial charge in [-0.25, -0.2) is 0 Å². The van der Waals surface area contributed by atoms with Crippen LogP contribution >= 0.6 is 0 Å². The zero-order valence-electron chi connectivity index (χ0n) is 18.6. The Hall–Kier alpha value is -2.28. The molecule has 2 rings (SSSR count). The van der Waals surface area contributed by atoms with Gasteiger partial charge in [0, 0.05) is 46.3 Å². The standard InChI is InChI=1S/C22H37N5O2/c1-23-21(25-17-22(12-8-9-13-22)20(28)27(4)5)24-16-18-10-6-7-11-19(18)29-15-14-26(2)3/h6-7,10-11H,8-9,12-17H2,1-5H3,(H2,23,24,25). The smallest absolute Gasteiger partial charge is 0.230 e. The Labute approximate surface area is 175 Å². The first kappa shape index (κ1) is 23.0. The van der Waals surface area contributed by atoms with Gasteiger partial charge in [-0.1, -0.05) is 31.0 Å². The van der Waals surface area contributed by atoms with Gasteiger partial charge in [-0.3, -0.25) is 9.79 Å². The number of guanidine groups is 1. The number of hydrogen-bond acceptors (Lipinski definition) is 4. The monoisotopic (exact) mass is 403 g/mol. The molecule has 1 aliphatic rings. The molecule has 29 heavy (non-hydrogen) atoms. The molecule has 1 fully saturated rings. The van der Waals surface area contributed by atoms with Gasteiger partial charge in [0.1, 0.15) is 12.4 Å². The number of aliphatic imine (C=N–C) groups is 1. The van der Waals surface area contributed by atoms with Gasteiger partial charge in [-0.2, -0.15) is 0 Å². The third-order valence-corrected chi connectivity index (χ3v) is 5.45. The minimum Gasteiger partial charge on any atom is -0.492 e. The van der Waals surface area contributed by atoms with E-state index in [1.165, 1.54) is 0 Å². The summed E-state index contributed by atoms with van der Waals surface area (Å²) in [7, 11) is 9.49. The summed E-state index contributed by atoms with van der Waals surface area (Å²) in [6, 6.07) is 8.04. The Morgan fingerprint density at radius 3 is 2.45 bits per heavy atom. The minimum atomic E-state index is -0.325. The van der Waals surface area contributed by atoms with Gasteiger partial charge >= 0.3 is 0 Å². The highest BCUT2D eigenvalue weighted by Crippen LogP contribution is 2.38. The third kappa shape index (κ3) is 6.63. The molecule has 0 bridgehead atoms. The van der Waals surface area contributed by atoms with Crippen LogP contribution in [-0.2, 0) is 11.3 Å². The number of nitrogens with zero attached hydrogens (tertiary/aromatic N) is 3. The summed E-state index contributed by atoms with van der Waals surface area (Å²) in [4.78, 5) is 20.9. The second-order valence-corrected chi connectivity index (χ2v) is 8.23. The molecular formula is C22H37N5O2. The Bertz CT molecular complexity index is 682. The first-order chi connectivity index (χ1) is 13.9. The van der Waals surface area contributed by atoms with Gasteiger partial charge in [0.05, 0.1) is 5.41 Å². The van der Waals surface area contributed by atoms with Crippen molar-refractivity contribution in [1.82, 2.24) is 20.4 Å². The summed E-state index contributed by atoms with van der Waals surface area (Å²) >= 11 is 0. The lowest BCUT2D eigenvalue weighted by Gasteiger charge is -2.31. The summed E-state index contributed by atoms with van der Waals surface area (Å²) in [6.07, 6.45) is 4.06. The molecule has 0 spiro atoms. The van der Waals surface area contributed by atoms with Crippen LogP contribution in [0.2, 0.25) is 0 Å². The van der Waals surface area contributed by atoms with Crippen LogP contribution < -0.4 is 15.4 Å². The molecule has 2 N–H and O–H groups in total. The number of likely N-dealkylation sites (N-methyl/N-ethyl adjacent to an activating group) is 1. The predicted molar refractivity (Wildman–Crippen MR) is 118 cm³/mol. The fourth-order valence-electron chi connectivity index (χ4n) is 3.77. The molecule has 0 atom stereocenters. The Kier molecular flexibility index (Phi) is 8.76. The van der Waals surface area contributed by atoms with Crippen molar-refractivity contribution in [3.63, 3.8) is 0 Å². The van der Waals surface area contributed by atoms with Gasteiger partial charge in [-0.05, 0) is 33.0 Å². The van der Waals surface area contributed by atoms with Crippen molar-refractivity contribution >= 4 is 11.9 Å². The Morgan fingerprint density at radius 1 is 1.14 bits per heavy atom. The molecule has 1 aromatic carbocycles. The molecule has 1 aromatic rings. The van der Waals surface area contributed by atoms with Crippen LogP contribution in [0.25, 0.3) is 0 Å². The normalized spacial score (nSPS) is 16.0. The van der Waals surface area contributed by atoms with Crippen LogP contribution in [0, 0.1) is 5.41 Å². The lowest BCUT2D eigenvalue weighted by atomic mass is 9.84. The second-order valence-electron chi connectivity index (χ2n) is 8.23. The predicted octanol–water partition coefficient (Wildman–Crippen LogP) is 1.94. The number of ether oxygens (including phenoxy) is 1. The second kappa shape index (κ2) is 11.0. The molecule has 0 unspecified atom stereocenters. The zero-order chi connectivity index (χ0) is 21.3. The van der Waals surface area contributed by atoms with Crippen molar-refractivity contribution in [3.8, 4) is 5.75 Å². The SMILES string of the molecule is CN=C(NCc1ccccc1OCCN(C)C)NCC1(C(=O)N(C)C)CCCC1. The van der Waals surface area contributed by atoms with Crippen LogP contribution in [0.5, 0.6) is 5.75 Å². The zero-order valence-corrected chi connectivity index (χ0v) is 18.6. The number of carbonyl (C=O) groups is 1. The van der Waals surface area contributed by atoms with E-state index in [0.29, 0.717) is 25.7 Å². The fraction of sp³-hybridized carbons (Fsp3) is 0.636. The lowest BCUT2D eigenvalue weighted by molar-refractivity contribution is -0.138. The van der Waals surface area contributed by atoms with Gasteiger partial charge in [0.25, 0.3) is 0 Å². The molecule has 0 saturated heterocycles.